The van der Waals surface area contributed by atoms with Gasteiger partial charge in [0.25, 0.3) is 11.7 Å². The van der Waals surface area contributed by atoms with E-state index in [4.69, 9.17) is 4.74 Å². The number of hydrogen-bond donors (Lipinski definition) is 1. The Kier molecular flexibility index (Phi) is 6.02. The van der Waals surface area contributed by atoms with Gasteiger partial charge in [0.2, 0.25) is 0 Å². The van der Waals surface area contributed by atoms with E-state index in [1.54, 1.807) is 36.8 Å². The minimum absolute atomic E-state index is 0.0184. The van der Waals surface area contributed by atoms with E-state index in [1.165, 1.54) is 24.1 Å². The number of amides is 1. The molecule has 4 rings (SSSR count). The van der Waals surface area contributed by atoms with Crippen LogP contribution in [0.4, 0.5) is 4.39 Å². The van der Waals surface area contributed by atoms with Gasteiger partial charge in [0.15, 0.2) is 0 Å². The molecule has 1 aromatic heterocycles. The van der Waals surface area contributed by atoms with Crippen LogP contribution in [-0.2, 0) is 16.1 Å². The molecule has 1 aliphatic rings. The van der Waals surface area contributed by atoms with Gasteiger partial charge in [-0.1, -0.05) is 30.3 Å². The van der Waals surface area contributed by atoms with Gasteiger partial charge < -0.3 is 19.3 Å². The Bertz CT molecular complexity index is 1160. The van der Waals surface area contributed by atoms with Crippen molar-refractivity contribution in [3.05, 3.63) is 89.8 Å². The molecule has 7 nitrogen and oxygen atoms in total. The topological polar surface area (TPSA) is 84.7 Å². The molecule has 3 aromatic rings. The van der Waals surface area contributed by atoms with Crippen molar-refractivity contribution in [2.45, 2.75) is 19.0 Å². The molecule has 2 heterocycles. The lowest BCUT2D eigenvalue weighted by Crippen LogP contribution is -2.31. The number of nitrogens with zero attached hydrogens (tertiary/aromatic N) is 3. The number of rotatable bonds is 7. The molecule has 0 bridgehead atoms. The van der Waals surface area contributed by atoms with Gasteiger partial charge in [0.1, 0.15) is 17.3 Å². The second-order valence-corrected chi connectivity index (χ2v) is 7.40. The van der Waals surface area contributed by atoms with Crippen molar-refractivity contribution in [2.24, 2.45) is 0 Å². The Morgan fingerprint density at radius 3 is 2.62 bits per heavy atom. The molecule has 1 atom stereocenters. The fraction of sp³-hybridized carbons (Fsp3) is 0.208. The zero-order valence-electron chi connectivity index (χ0n) is 17.4. The van der Waals surface area contributed by atoms with Gasteiger partial charge in [-0.15, -0.1) is 0 Å². The predicted octanol–water partition coefficient (Wildman–Crippen LogP) is 3.54. The summed E-state index contributed by atoms with van der Waals surface area (Å²) in [4.78, 5) is 31.4. The number of ether oxygens (including phenoxy) is 1. The molecule has 0 saturated carbocycles. The number of aryl methyl sites for hydroxylation is 1. The van der Waals surface area contributed by atoms with Gasteiger partial charge in [-0.25, -0.2) is 9.37 Å². The van der Waals surface area contributed by atoms with Gasteiger partial charge in [-0.05, 0) is 30.2 Å². The monoisotopic (exact) mass is 435 g/mol. The summed E-state index contributed by atoms with van der Waals surface area (Å²) in [6.07, 6.45) is 5.75. The SMILES string of the molecule is COc1ccc(F)cc1/C(O)=C1\C(=O)C(=O)N(CCCn2ccnc2)C1c1ccccc1. The van der Waals surface area contributed by atoms with Crippen molar-refractivity contribution in [1.82, 2.24) is 14.5 Å². The molecule has 164 valence electrons. The highest BCUT2D eigenvalue weighted by Gasteiger charge is 2.46. The van der Waals surface area contributed by atoms with Crippen LogP contribution >= 0.6 is 0 Å². The van der Waals surface area contributed by atoms with Gasteiger partial charge in [-0.2, -0.15) is 0 Å². The number of carbonyl (C=O) groups excluding carboxylic acids is 2. The fourth-order valence-corrected chi connectivity index (χ4v) is 3.95. The molecule has 1 fully saturated rings. The Morgan fingerprint density at radius 1 is 1.16 bits per heavy atom. The van der Waals surface area contributed by atoms with Gasteiger partial charge in [0.05, 0.1) is 30.6 Å². The van der Waals surface area contributed by atoms with Crippen LogP contribution in [0.15, 0.2) is 72.8 Å². The van der Waals surface area contributed by atoms with Crippen LogP contribution in [-0.4, -0.2) is 44.9 Å². The summed E-state index contributed by atoms with van der Waals surface area (Å²) in [6, 6.07) is 11.8. The van der Waals surface area contributed by atoms with E-state index in [-0.39, 0.29) is 16.9 Å². The molecule has 0 spiro atoms. The van der Waals surface area contributed by atoms with E-state index in [1.807, 2.05) is 16.8 Å². The fourth-order valence-electron chi connectivity index (χ4n) is 3.95. The van der Waals surface area contributed by atoms with E-state index in [0.717, 1.165) is 6.07 Å². The van der Waals surface area contributed by atoms with Crippen molar-refractivity contribution >= 4 is 17.4 Å². The summed E-state index contributed by atoms with van der Waals surface area (Å²) >= 11 is 0. The number of aliphatic hydroxyl groups excluding tert-OH is 1. The zero-order chi connectivity index (χ0) is 22.7. The van der Waals surface area contributed by atoms with Gasteiger partial charge >= 0.3 is 0 Å². The van der Waals surface area contributed by atoms with Crippen LogP contribution in [0.1, 0.15) is 23.6 Å². The van der Waals surface area contributed by atoms with Crippen molar-refractivity contribution < 1.29 is 23.8 Å². The minimum atomic E-state index is -0.815. The van der Waals surface area contributed by atoms with E-state index in [2.05, 4.69) is 4.98 Å². The van der Waals surface area contributed by atoms with Crippen molar-refractivity contribution in [2.75, 3.05) is 13.7 Å². The molecule has 1 saturated heterocycles. The summed E-state index contributed by atoms with van der Waals surface area (Å²) in [5, 5.41) is 11.1. The molecule has 8 heteroatoms. The summed E-state index contributed by atoms with van der Waals surface area (Å²) < 4.78 is 21.1. The van der Waals surface area contributed by atoms with Crippen LogP contribution in [0.3, 0.4) is 0 Å². The second kappa shape index (κ2) is 9.05. The van der Waals surface area contributed by atoms with Crippen LogP contribution < -0.4 is 4.74 Å². The Morgan fingerprint density at radius 2 is 1.94 bits per heavy atom. The number of aliphatic hydroxyl groups is 1. The van der Waals surface area contributed by atoms with Crippen molar-refractivity contribution in [3.63, 3.8) is 0 Å². The molecular weight excluding hydrogens is 413 g/mol. The van der Waals surface area contributed by atoms with E-state index in [9.17, 15) is 19.1 Å². The van der Waals surface area contributed by atoms with E-state index >= 15 is 0 Å². The third kappa shape index (κ3) is 3.99. The first kappa shape index (κ1) is 21.3. The Labute approximate surface area is 184 Å². The van der Waals surface area contributed by atoms with E-state index < -0.39 is 29.3 Å². The molecule has 1 N–H and O–H groups in total. The number of halogens is 1. The molecule has 32 heavy (non-hydrogen) atoms. The van der Waals surface area contributed by atoms with Crippen LogP contribution in [0.2, 0.25) is 0 Å². The molecule has 1 unspecified atom stereocenters. The molecular formula is C24H22FN3O4. The average molecular weight is 435 g/mol. The third-order valence-corrected chi connectivity index (χ3v) is 5.45. The maximum Gasteiger partial charge on any atom is 0.295 e. The highest BCUT2D eigenvalue weighted by atomic mass is 19.1. The van der Waals surface area contributed by atoms with Crippen LogP contribution in [0.25, 0.3) is 5.76 Å². The minimum Gasteiger partial charge on any atom is -0.507 e. The van der Waals surface area contributed by atoms with Gasteiger partial charge in [0, 0.05) is 25.5 Å². The number of Topliss-reactive ketones (excluding diaryl/α,β-unsaturated/α-hetero) is 1. The Hall–Kier alpha value is -3.94. The Balaban J connectivity index is 1.76. The molecule has 0 aliphatic carbocycles. The smallest absolute Gasteiger partial charge is 0.295 e. The lowest BCUT2D eigenvalue weighted by Gasteiger charge is -2.25. The zero-order valence-corrected chi connectivity index (χ0v) is 17.4. The van der Waals surface area contributed by atoms with Crippen LogP contribution in [0, 0.1) is 5.82 Å². The molecule has 0 radical (unpaired) electrons. The predicted molar refractivity (Wildman–Crippen MR) is 115 cm³/mol. The molecule has 2 aromatic carbocycles. The lowest BCUT2D eigenvalue weighted by atomic mass is 9.95. The molecule has 1 amide bonds. The average Bonchev–Trinajstić information content (AvgIpc) is 3.41. The van der Waals surface area contributed by atoms with Crippen molar-refractivity contribution in [3.8, 4) is 5.75 Å². The number of benzene rings is 2. The first-order valence-corrected chi connectivity index (χ1v) is 10.1. The van der Waals surface area contributed by atoms with Crippen LogP contribution in [0.5, 0.6) is 5.75 Å². The quantitative estimate of drug-likeness (QED) is 0.349. The number of likely N-dealkylation sites (tertiary alicyclic amines) is 1. The summed E-state index contributed by atoms with van der Waals surface area (Å²) in [6.45, 7) is 0.904. The summed E-state index contributed by atoms with van der Waals surface area (Å²) in [7, 11) is 1.38. The first-order valence-electron chi connectivity index (χ1n) is 10.1. The summed E-state index contributed by atoms with van der Waals surface area (Å²) in [5.41, 5.74) is 0.601. The third-order valence-electron chi connectivity index (χ3n) is 5.45. The maximum absolute atomic E-state index is 13.9. The highest BCUT2D eigenvalue weighted by Crippen LogP contribution is 2.41. The summed E-state index contributed by atoms with van der Waals surface area (Å²) in [5.74, 6) is -2.39. The number of hydrogen-bond acceptors (Lipinski definition) is 5. The maximum atomic E-state index is 13.9. The number of methoxy groups -OCH3 is 1. The lowest BCUT2D eigenvalue weighted by molar-refractivity contribution is -0.139. The normalized spacial score (nSPS) is 17.7. The molecule has 1 aliphatic heterocycles. The standard InChI is InChI=1S/C24H22FN3O4/c1-32-19-9-8-17(25)14-18(19)22(29)20-21(16-6-3-2-4-7-16)28(24(31)23(20)30)12-5-11-27-13-10-26-15-27/h2-4,6-10,13-15,21,29H,5,11-12H2,1H3/b22-20+. The number of imidazole rings is 1. The number of aromatic nitrogens is 2. The van der Waals surface area contributed by atoms with Crippen molar-refractivity contribution in [1.29, 1.82) is 0 Å². The largest absolute Gasteiger partial charge is 0.507 e. The first-order chi connectivity index (χ1) is 15.5. The number of ketones is 1. The number of carbonyl (C=O) groups is 2. The second-order valence-electron chi connectivity index (χ2n) is 7.40. The highest BCUT2D eigenvalue weighted by molar-refractivity contribution is 6.46. The van der Waals surface area contributed by atoms with E-state index in [0.29, 0.717) is 25.1 Å². The van der Waals surface area contributed by atoms with Gasteiger partial charge in [-0.3, -0.25) is 9.59 Å².